The molecule has 0 amide bonds. The Balaban J connectivity index is 1.79. The molecule has 26 heavy (non-hydrogen) atoms. The molecular weight excluding hydrogens is 324 g/mol. The minimum Gasteiger partial charge on any atom is -0.368 e. The molecule has 0 saturated carbocycles. The fourth-order valence-corrected chi connectivity index (χ4v) is 2.96. The Hall–Kier alpha value is -3.15. The summed E-state index contributed by atoms with van der Waals surface area (Å²) in [6.45, 7) is 5.72. The third-order valence-corrected chi connectivity index (χ3v) is 4.49. The number of aromatic nitrogens is 2. The van der Waals surface area contributed by atoms with Crippen molar-refractivity contribution in [2.24, 2.45) is 23.0 Å². The lowest BCUT2D eigenvalue weighted by molar-refractivity contribution is -0.510. The molecule has 0 bridgehead atoms. The number of rotatable bonds is 5. The molecule has 1 aromatic carbocycles. The molecule has 0 aliphatic heterocycles. The monoisotopic (exact) mass is 349 g/mol. The number of guanidine groups is 1. The van der Waals surface area contributed by atoms with E-state index in [9.17, 15) is 0 Å². The van der Waals surface area contributed by atoms with Crippen molar-refractivity contribution in [3.8, 4) is 11.3 Å². The molecule has 0 fully saturated rings. The van der Waals surface area contributed by atoms with Crippen molar-refractivity contribution in [2.45, 2.75) is 13.8 Å². The zero-order chi connectivity index (χ0) is 18.5. The van der Waals surface area contributed by atoms with Gasteiger partial charge < -0.3 is 10.6 Å². The summed E-state index contributed by atoms with van der Waals surface area (Å²) in [5.74, 6) is 0.440. The summed E-state index contributed by atoms with van der Waals surface area (Å²) in [5, 5.41) is 8.17. The summed E-state index contributed by atoms with van der Waals surface area (Å²) >= 11 is 0. The van der Waals surface area contributed by atoms with Crippen LogP contribution < -0.4 is 10.1 Å². The van der Waals surface area contributed by atoms with Gasteiger partial charge in [-0.1, -0.05) is 18.2 Å². The van der Waals surface area contributed by atoms with E-state index in [0.29, 0.717) is 5.96 Å². The second-order valence-electron chi connectivity index (χ2n) is 6.04. The van der Waals surface area contributed by atoms with Crippen LogP contribution in [0.15, 0.2) is 65.1 Å². The maximum absolute atomic E-state index is 5.91. The molecule has 0 unspecified atom stereocenters. The topological polar surface area (TPSA) is 63.0 Å². The number of pyridine rings is 1. The zero-order valence-corrected chi connectivity index (χ0v) is 15.5. The minimum atomic E-state index is 0.440. The van der Waals surface area contributed by atoms with E-state index < -0.39 is 0 Å². The van der Waals surface area contributed by atoms with Gasteiger partial charge in [-0.25, -0.2) is 8.97 Å². The number of hydrogen-bond donors (Lipinski definition) is 1. The quantitative estimate of drug-likeness (QED) is 0.333. The van der Waals surface area contributed by atoms with Crippen LogP contribution in [0, 0.1) is 0 Å². The van der Waals surface area contributed by atoms with E-state index >= 15 is 0 Å². The predicted molar refractivity (Wildman–Crippen MR) is 106 cm³/mol. The second kappa shape index (κ2) is 7.82. The Labute approximate surface area is 153 Å². The highest BCUT2D eigenvalue weighted by Gasteiger charge is 2.14. The van der Waals surface area contributed by atoms with E-state index in [4.69, 9.17) is 5.73 Å². The van der Waals surface area contributed by atoms with Crippen molar-refractivity contribution in [2.75, 3.05) is 13.1 Å². The SMILES string of the molecule is CCN(CC)/C(N)=N/N=C/c1ccc(-c2c[n+]3ccccc3n2C)cc1. The van der Waals surface area contributed by atoms with Gasteiger partial charge in [0.15, 0.2) is 5.69 Å². The van der Waals surface area contributed by atoms with Gasteiger partial charge in [0, 0.05) is 24.7 Å². The van der Waals surface area contributed by atoms with Crippen molar-refractivity contribution < 1.29 is 4.40 Å². The molecular formula is C20H25N6+. The van der Waals surface area contributed by atoms with Gasteiger partial charge in [0.05, 0.1) is 19.5 Å². The number of fused-ring (bicyclic) bond motifs is 1. The molecule has 6 heteroatoms. The third-order valence-electron chi connectivity index (χ3n) is 4.49. The molecule has 0 atom stereocenters. The van der Waals surface area contributed by atoms with Crippen LogP contribution in [-0.4, -0.2) is 34.7 Å². The Morgan fingerprint density at radius 2 is 1.88 bits per heavy atom. The first-order valence-corrected chi connectivity index (χ1v) is 8.81. The Bertz CT molecular complexity index is 933. The molecule has 0 saturated heterocycles. The van der Waals surface area contributed by atoms with Crippen LogP contribution in [0.3, 0.4) is 0 Å². The zero-order valence-electron chi connectivity index (χ0n) is 15.5. The van der Waals surface area contributed by atoms with Gasteiger partial charge in [-0.15, -0.1) is 5.10 Å². The van der Waals surface area contributed by atoms with Crippen molar-refractivity contribution in [1.29, 1.82) is 0 Å². The minimum absolute atomic E-state index is 0.440. The first-order chi connectivity index (χ1) is 12.6. The molecule has 6 nitrogen and oxygen atoms in total. The summed E-state index contributed by atoms with van der Waals surface area (Å²) in [4.78, 5) is 1.96. The number of benzene rings is 1. The molecule has 134 valence electrons. The average molecular weight is 349 g/mol. The second-order valence-corrected chi connectivity index (χ2v) is 6.04. The highest BCUT2D eigenvalue weighted by molar-refractivity contribution is 5.83. The van der Waals surface area contributed by atoms with Crippen LogP contribution in [0.5, 0.6) is 0 Å². The summed E-state index contributed by atoms with van der Waals surface area (Å²) in [6, 6.07) is 14.4. The summed E-state index contributed by atoms with van der Waals surface area (Å²) in [5.41, 5.74) is 10.4. The van der Waals surface area contributed by atoms with E-state index in [-0.39, 0.29) is 0 Å². The maximum atomic E-state index is 5.91. The molecule has 2 aromatic heterocycles. The number of nitrogens with two attached hydrogens (primary N) is 1. The number of nitrogens with zero attached hydrogens (tertiary/aromatic N) is 5. The predicted octanol–water partition coefficient (Wildman–Crippen LogP) is 2.42. The van der Waals surface area contributed by atoms with E-state index in [1.807, 2.05) is 43.0 Å². The normalized spacial score (nSPS) is 12.2. The summed E-state index contributed by atoms with van der Waals surface area (Å²) in [7, 11) is 2.07. The highest BCUT2D eigenvalue weighted by Crippen LogP contribution is 2.19. The molecule has 0 aliphatic carbocycles. The molecule has 2 N–H and O–H groups in total. The number of hydrogen-bond acceptors (Lipinski definition) is 2. The van der Waals surface area contributed by atoms with Gasteiger partial charge in [-0.3, -0.25) is 0 Å². The lowest BCUT2D eigenvalue weighted by Crippen LogP contribution is -2.36. The summed E-state index contributed by atoms with van der Waals surface area (Å²) < 4.78 is 4.30. The third kappa shape index (κ3) is 3.59. The van der Waals surface area contributed by atoms with Crippen LogP contribution in [0.2, 0.25) is 0 Å². The number of imidazole rings is 1. The fraction of sp³-hybridized carbons (Fsp3) is 0.250. The fourth-order valence-electron chi connectivity index (χ4n) is 2.96. The molecule has 2 heterocycles. The van der Waals surface area contributed by atoms with Gasteiger partial charge in [0.2, 0.25) is 5.96 Å². The Morgan fingerprint density at radius 1 is 1.15 bits per heavy atom. The molecule has 0 aliphatic rings. The molecule has 0 radical (unpaired) electrons. The Morgan fingerprint density at radius 3 is 2.54 bits per heavy atom. The van der Waals surface area contributed by atoms with Gasteiger partial charge >= 0.3 is 0 Å². The Kier molecular flexibility index (Phi) is 5.31. The van der Waals surface area contributed by atoms with Gasteiger partial charge in [0.1, 0.15) is 6.20 Å². The van der Waals surface area contributed by atoms with Crippen LogP contribution >= 0.6 is 0 Å². The lowest BCUT2D eigenvalue weighted by atomic mass is 10.1. The molecule has 3 rings (SSSR count). The first kappa shape index (κ1) is 17.7. The summed E-state index contributed by atoms with van der Waals surface area (Å²) in [6.07, 6.45) is 5.90. The highest BCUT2D eigenvalue weighted by atomic mass is 15.3. The first-order valence-electron chi connectivity index (χ1n) is 8.81. The van der Waals surface area contributed by atoms with E-state index in [2.05, 4.69) is 56.8 Å². The maximum Gasteiger partial charge on any atom is 0.286 e. The lowest BCUT2D eigenvalue weighted by Gasteiger charge is -2.17. The van der Waals surface area contributed by atoms with E-state index in [0.717, 1.165) is 35.6 Å². The van der Waals surface area contributed by atoms with Crippen molar-refractivity contribution in [1.82, 2.24) is 9.47 Å². The van der Waals surface area contributed by atoms with E-state index in [1.165, 1.54) is 0 Å². The van der Waals surface area contributed by atoms with Crippen molar-refractivity contribution >= 4 is 17.8 Å². The van der Waals surface area contributed by atoms with Crippen LogP contribution in [0.4, 0.5) is 0 Å². The average Bonchev–Trinajstić information content (AvgIpc) is 3.00. The molecule has 3 aromatic rings. The van der Waals surface area contributed by atoms with Crippen molar-refractivity contribution in [3.63, 3.8) is 0 Å². The molecule has 0 spiro atoms. The smallest absolute Gasteiger partial charge is 0.286 e. The standard InChI is InChI=1S/C20H25N6/c1-4-25(5-2)20(21)23-22-14-16-9-11-17(12-10-16)18-15-26-13-7-6-8-19(26)24(18)3/h6-15H,4-5H2,1-3H3,(H2,21,23)/q+1/b22-14+. The van der Waals surface area contributed by atoms with Crippen LogP contribution in [0.1, 0.15) is 19.4 Å². The van der Waals surface area contributed by atoms with E-state index in [1.54, 1.807) is 6.21 Å². The number of aryl methyl sites for hydroxylation is 1. The van der Waals surface area contributed by atoms with Gasteiger partial charge in [-0.2, -0.15) is 5.10 Å². The van der Waals surface area contributed by atoms with Crippen molar-refractivity contribution in [3.05, 3.63) is 60.4 Å². The van der Waals surface area contributed by atoms with Crippen LogP contribution in [0.25, 0.3) is 16.9 Å². The van der Waals surface area contributed by atoms with Crippen LogP contribution in [-0.2, 0) is 7.05 Å². The van der Waals surface area contributed by atoms with Gasteiger partial charge in [-0.05, 0) is 37.6 Å². The van der Waals surface area contributed by atoms with Gasteiger partial charge in [0.25, 0.3) is 5.65 Å². The largest absolute Gasteiger partial charge is 0.368 e.